The molecule has 1 aromatic carbocycles. The van der Waals surface area contributed by atoms with E-state index in [1.165, 1.54) is 30.4 Å². The maximum absolute atomic E-state index is 6.05. The van der Waals surface area contributed by atoms with Crippen LogP contribution in [-0.4, -0.2) is 6.54 Å². The standard InChI is InChI=1S/C14H18ClN/c1-2-16-14(11-6-3-4-7-11)12-8-5-9-13(15)10-12/h5-6,8-10,14,16H,2-4,7H2,1H3. The van der Waals surface area contributed by atoms with E-state index in [2.05, 4.69) is 30.4 Å². The molecule has 16 heavy (non-hydrogen) atoms. The molecule has 0 aliphatic heterocycles. The highest BCUT2D eigenvalue weighted by Crippen LogP contribution is 2.31. The predicted octanol–water partition coefficient (Wildman–Crippen LogP) is 4.10. The van der Waals surface area contributed by atoms with Gasteiger partial charge in [-0.25, -0.2) is 0 Å². The van der Waals surface area contributed by atoms with Gasteiger partial charge in [0.25, 0.3) is 0 Å². The first-order chi connectivity index (χ1) is 7.81. The number of nitrogens with one attached hydrogen (secondary N) is 1. The Morgan fingerprint density at radius 2 is 2.31 bits per heavy atom. The third-order valence-electron chi connectivity index (χ3n) is 3.04. The summed E-state index contributed by atoms with van der Waals surface area (Å²) in [4.78, 5) is 0. The van der Waals surface area contributed by atoms with Crippen molar-refractivity contribution in [2.75, 3.05) is 6.54 Å². The molecule has 1 aliphatic rings. The van der Waals surface area contributed by atoms with Crippen LogP contribution in [0.5, 0.6) is 0 Å². The van der Waals surface area contributed by atoms with Crippen molar-refractivity contribution in [3.63, 3.8) is 0 Å². The van der Waals surface area contributed by atoms with Crippen LogP contribution in [0.2, 0.25) is 5.02 Å². The second-order valence-corrected chi connectivity index (χ2v) is 4.65. The molecule has 0 bridgehead atoms. The van der Waals surface area contributed by atoms with Crippen molar-refractivity contribution in [1.82, 2.24) is 5.32 Å². The van der Waals surface area contributed by atoms with Gasteiger partial charge in [-0.3, -0.25) is 0 Å². The van der Waals surface area contributed by atoms with Crippen molar-refractivity contribution in [2.45, 2.75) is 32.2 Å². The van der Waals surface area contributed by atoms with Gasteiger partial charge in [0.1, 0.15) is 0 Å². The molecule has 1 atom stereocenters. The van der Waals surface area contributed by atoms with Crippen LogP contribution in [-0.2, 0) is 0 Å². The molecular weight excluding hydrogens is 218 g/mol. The molecule has 2 heteroatoms. The molecule has 0 fully saturated rings. The predicted molar refractivity (Wildman–Crippen MR) is 69.8 cm³/mol. The van der Waals surface area contributed by atoms with Gasteiger partial charge >= 0.3 is 0 Å². The SMILES string of the molecule is CCNC(C1=CCCC1)c1cccc(Cl)c1. The quantitative estimate of drug-likeness (QED) is 0.775. The lowest BCUT2D eigenvalue weighted by molar-refractivity contribution is 0.605. The number of hydrogen-bond donors (Lipinski definition) is 1. The maximum Gasteiger partial charge on any atom is 0.0536 e. The van der Waals surface area contributed by atoms with Crippen molar-refractivity contribution in [1.29, 1.82) is 0 Å². The molecule has 1 nitrogen and oxygen atoms in total. The van der Waals surface area contributed by atoms with E-state index in [0.29, 0.717) is 6.04 Å². The van der Waals surface area contributed by atoms with Gasteiger partial charge < -0.3 is 5.32 Å². The van der Waals surface area contributed by atoms with Crippen LogP contribution in [0.4, 0.5) is 0 Å². The molecule has 2 rings (SSSR count). The van der Waals surface area contributed by atoms with Crippen LogP contribution in [0.25, 0.3) is 0 Å². The summed E-state index contributed by atoms with van der Waals surface area (Å²) < 4.78 is 0. The number of halogens is 1. The summed E-state index contributed by atoms with van der Waals surface area (Å²) >= 11 is 6.05. The Labute approximate surface area is 103 Å². The fraction of sp³-hybridized carbons (Fsp3) is 0.429. The molecule has 0 amide bonds. The lowest BCUT2D eigenvalue weighted by atomic mass is 9.98. The van der Waals surface area contributed by atoms with Gasteiger partial charge in [-0.2, -0.15) is 0 Å². The van der Waals surface area contributed by atoms with Gasteiger partial charge in [-0.15, -0.1) is 0 Å². The largest absolute Gasteiger partial charge is 0.307 e. The van der Waals surface area contributed by atoms with E-state index >= 15 is 0 Å². The third kappa shape index (κ3) is 2.66. The number of hydrogen-bond acceptors (Lipinski definition) is 1. The molecule has 0 aromatic heterocycles. The summed E-state index contributed by atoms with van der Waals surface area (Å²) in [5, 5.41) is 4.36. The highest BCUT2D eigenvalue weighted by Gasteiger charge is 2.17. The second kappa shape index (κ2) is 5.51. The minimum atomic E-state index is 0.353. The van der Waals surface area contributed by atoms with Crippen LogP contribution in [0.3, 0.4) is 0 Å². The van der Waals surface area contributed by atoms with Gasteiger partial charge in [0, 0.05) is 5.02 Å². The van der Waals surface area contributed by atoms with Gasteiger partial charge in [0.05, 0.1) is 6.04 Å². The Kier molecular flexibility index (Phi) is 4.03. The summed E-state index contributed by atoms with van der Waals surface area (Å²) in [5.41, 5.74) is 2.80. The van der Waals surface area contributed by atoms with E-state index in [4.69, 9.17) is 11.6 Å². The van der Waals surface area contributed by atoms with E-state index in [1.807, 2.05) is 12.1 Å². The average Bonchev–Trinajstić information content (AvgIpc) is 2.79. The molecule has 0 spiro atoms. The smallest absolute Gasteiger partial charge is 0.0536 e. The Bertz CT molecular complexity index is 384. The normalized spacial score (nSPS) is 17.2. The van der Waals surface area contributed by atoms with Crippen LogP contribution in [0, 0.1) is 0 Å². The summed E-state index contributed by atoms with van der Waals surface area (Å²) in [7, 11) is 0. The molecule has 1 N–H and O–H groups in total. The molecule has 0 radical (unpaired) electrons. The third-order valence-corrected chi connectivity index (χ3v) is 3.27. The Balaban J connectivity index is 2.24. The number of rotatable bonds is 4. The minimum Gasteiger partial charge on any atom is -0.307 e. The number of likely N-dealkylation sites (N-methyl/N-ethyl adjacent to an activating group) is 1. The van der Waals surface area contributed by atoms with Crippen LogP contribution < -0.4 is 5.32 Å². The molecule has 0 saturated heterocycles. The van der Waals surface area contributed by atoms with Crippen molar-refractivity contribution in [2.24, 2.45) is 0 Å². The zero-order valence-electron chi connectivity index (χ0n) is 9.67. The van der Waals surface area contributed by atoms with Crippen molar-refractivity contribution >= 4 is 11.6 Å². The second-order valence-electron chi connectivity index (χ2n) is 4.22. The first-order valence-corrected chi connectivity index (χ1v) is 6.37. The van der Waals surface area contributed by atoms with Crippen molar-refractivity contribution < 1.29 is 0 Å². The summed E-state index contributed by atoms with van der Waals surface area (Å²) in [5.74, 6) is 0. The monoisotopic (exact) mass is 235 g/mol. The van der Waals surface area contributed by atoms with Crippen LogP contribution in [0.1, 0.15) is 37.8 Å². The summed E-state index contributed by atoms with van der Waals surface area (Å²) in [6.45, 7) is 3.13. The Morgan fingerprint density at radius 3 is 2.94 bits per heavy atom. The van der Waals surface area contributed by atoms with E-state index in [9.17, 15) is 0 Å². The maximum atomic E-state index is 6.05. The Morgan fingerprint density at radius 1 is 1.44 bits per heavy atom. The first kappa shape index (κ1) is 11.7. The highest BCUT2D eigenvalue weighted by molar-refractivity contribution is 6.30. The molecule has 86 valence electrons. The zero-order valence-corrected chi connectivity index (χ0v) is 10.4. The molecule has 1 unspecified atom stereocenters. The molecule has 1 aromatic rings. The summed E-state index contributed by atoms with van der Waals surface area (Å²) in [6, 6.07) is 8.52. The lowest BCUT2D eigenvalue weighted by Crippen LogP contribution is -2.22. The molecule has 1 aliphatic carbocycles. The van der Waals surface area contributed by atoms with E-state index in [-0.39, 0.29) is 0 Å². The highest BCUT2D eigenvalue weighted by atomic mass is 35.5. The zero-order chi connectivity index (χ0) is 11.4. The van der Waals surface area contributed by atoms with Crippen LogP contribution >= 0.6 is 11.6 Å². The van der Waals surface area contributed by atoms with E-state index in [1.54, 1.807) is 0 Å². The fourth-order valence-electron chi connectivity index (χ4n) is 2.31. The van der Waals surface area contributed by atoms with Gasteiger partial charge in [0.2, 0.25) is 0 Å². The molecular formula is C14H18ClN. The average molecular weight is 236 g/mol. The van der Waals surface area contributed by atoms with Gasteiger partial charge in [-0.1, -0.05) is 42.3 Å². The first-order valence-electron chi connectivity index (χ1n) is 5.99. The molecule has 0 saturated carbocycles. The summed E-state index contributed by atoms with van der Waals surface area (Å²) in [6.07, 6.45) is 6.09. The fourth-order valence-corrected chi connectivity index (χ4v) is 2.51. The van der Waals surface area contributed by atoms with Crippen molar-refractivity contribution in [3.8, 4) is 0 Å². The number of allylic oxidation sites excluding steroid dienone is 1. The lowest BCUT2D eigenvalue weighted by Gasteiger charge is -2.20. The Hall–Kier alpha value is -0.790. The van der Waals surface area contributed by atoms with Crippen LogP contribution in [0.15, 0.2) is 35.9 Å². The minimum absolute atomic E-state index is 0.353. The van der Waals surface area contributed by atoms with E-state index < -0.39 is 0 Å². The topological polar surface area (TPSA) is 12.0 Å². The van der Waals surface area contributed by atoms with Gasteiger partial charge in [0.15, 0.2) is 0 Å². The van der Waals surface area contributed by atoms with Gasteiger partial charge in [-0.05, 0) is 43.5 Å². The number of benzene rings is 1. The van der Waals surface area contributed by atoms with E-state index in [0.717, 1.165) is 11.6 Å². The molecule has 0 heterocycles. The van der Waals surface area contributed by atoms with Crippen molar-refractivity contribution in [3.05, 3.63) is 46.5 Å².